The second-order valence-corrected chi connectivity index (χ2v) is 3.53. The fourth-order valence-corrected chi connectivity index (χ4v) is 1.34. The van der Waals surface area contributed by atoms with Crippen LogP contribution in [0.3, 0.4) is 0 Å². The molecule has 1 aliphatic rings. The van der Waals surface area contributed by atoms with E-state index in [0.29, 0.717) is 0 Å². The summed E-state index contributed by atoms with van der Waals surface area (Å²) >= 11 is 0. The highest BCUT2D eigenvalue weighted by Crippen LogP contribution is 2.05. The number of hydrogen-bond donors (Lipinski definition) is 1. The molecular weight excluding hydrogens is 242 g/mol. The predicted octanol–water partition coefficient (Wildman–Crippen LogP) is -0.899. The molecule has 96 valence electrons. The number of hydrogen-bond acceptors (Lipinski definition) is 5. The van der Waals surface area contributed by atoms with Gasteiger partial charge in [0.05, 0.1) is 0 Å². The van der Waals surface area contributed by atoms with Gasteiger partial charge in [-0.2, -0.15) is 0 Å². The summed E-state index contributed by atoms with van der Waals surface area (Å²) in [6.45, 7) is -0.302. The van der Waals surface area contributed by atoms with Crippen LogP contribution in [0.5, 0.6) is 0 Å². The molecule has 18 heavy (non-hydrogen) atoms. The van der Waals surface area contributed by atoms with E-state index in [2.05, 4.69) is 10.5 Å². The fourth-order valence-electron chi connectivity index (χ4n) is 1.34. The highest BCUT2D eigenvalue weighted by Gasteiger charge is 2.22. The molecule has 0 aromatic heterocycles. The van der Waals surface area contributed by atoms with Gasteiger partial charge in [0, 0.05) is 30.3 Å². The Morgan fingerprint density at radius 2 is 1.83 bits per heavy atom. The number of nitroso groups, excluding NO2 is 1. The van der Waals surface area contributed by atoms with Crippen molar-refractivity contribution >= 4 is 23.6 Å². The van der Waals surface area contributed by atoms with Crippen molar-refractivity contribution in [2.45, 2.75) is 12.8 Å². The van der Waals surface area contributed by atoms with Crippen LogP contribution in [0.1, 0.15) is 12.8 Å². The topological polar surface area (TPSA) is 113 Å². The van der Waals surface area contributed by atoms with Gasteiger partial charge < -0.3 is 5.32 Å². The second-order valence-electron chi connectivity index (χ2n) is 3.53. The van der Waals surface area contributed by atoms with Gasteiger partial charge >= 0.3 is 5.91 Å². The quantitative estimate of drug-likeness (QED) is 0.487. The predicted molar refractivity (Wildman–Crippen MR) is 58.9 cm³/mol. The third-order valence-corrected chi connectivity index (χ3v) is 2.22. The SMILES string of the molecule is O=NC(=O)CNC(=O)CCCN1C(=O)C=CC1=O. The van der Waals surface area contributed by atoms with E-state index in [1.807, 2.05) is 0 Å². The molecular formula is C10H11N3O5. The minimum atomic E-state index is -0.961. The molecule has 4 amide bonds. The molecule has 8 nitrogen and oxygen atoms in total. The lowest BCUT2D eigenvalue weighted by Crippen LogP contribution is -2.33. The van der Waals surface area contributed by atoms with E-state index in [-0.39, 0.29) is 19.4 Å². The van der Waals surface area contributed by atoms with Gasteiger partial charge in [0.25, 0.3) is 11.8 Å². The van der Waals surface area contributed by atoms with Crippen LogP contribution in [0, 0.1) is 4.91 Å². The molecule has 0 radical (unpaired) electrons. The minimum absolute atomic E-state index is 0.0448. The first-order chi connectivity index (χ1) is 8.54. The number of rotatable bonds is 6. The van der Waals surface area contributed by atoms with E-state index in [1.165, 1.54) is 0 Å². The largest absolute Gasteiger partial charge is 0.347 e. The van der Waals surface area contributed by atoms with Crippen molar-refractivity contribution < 1.29 is 19.2 Å². The molecule has 0 spiro atoms. The van der Waals surface area contributed by atoms with Crippen LogP contribution in [0.25, 0.3) is 0 Å². The van der Waals surface area contributed by atoms with Crippen molar-refractivity contribution in [1.82, 2.24) is 10.2 Å². The zero-order valence-corrected chi connectivity index (χ0v) is 9.42. The third-order valence-electron chi connectivity index (χ3n) is 2.22. The van der Waals surface area contributed by atoms with E-state index < -0.39 is 30.2 Å². The molecule has 0 bridgehead atoms. The van der Waals surface area contributed by atoms with Crippen LogP contribution in [0.2, 0.25) is 0 Å². The molecule has 0 saturated heterocycles. The maximum absolute atomic E-state index is 11.2. The Hall–Kier alpha value is -2.38. The van der Waals surface area contributed by atoms with Gasteiger partial charge in [0.1, 0.15) is 6.54 Å². The Bertz CT molecular complexity index is 411. The summed E-state index contributed by atoms with van der Waals surface area (Å²) < 4.78 is 0. The second kappa shape index (κ2) is 6.38. The van der Waals surface area contributed by atoms with Crippen molar-refractivity contribution in [2.24, 2.45) is 5.18 Å². The van der Waals surface area contributed by atoms with Crippen molar-refractivity contribution in [2.75, 3.05) is 13.1 Å². The van der Waals surface area contributed by atoms with Gasteiger partial charge in [-0.25, -0.2) is 0 Å². The molecule has 0 atom stereocenters. The Morgan fingerprint density at radius 1 is 1.22 bits per heavy atom. The van der Waals surface area contributed by atoms with Crippen LogP contribution in [0.15, 0.2) is 17.3 Å². The standard InChI is InChI=1S/C10H11N3O5/c14-7(11-6-8(15)12-18)2-1-5-13-9(16)3-4-10(13)17/h3-4H,1-2,5-6H2,(H,11,14). The van der Waals surface area contributed by atoms with Crippen LogP contribution >= 0.6 is 0 Å². The molecule has 1 heterocycles. The molecule has 0 aromatic rings. The van der Waals surface area contributed by atoms with Crippen molar-refractivity contribution in [3.05, 3.63) is 17.1 Å². The molecule has 1 rings (SSSR count). The lowest BCUT2D eigenvalue weighted by Gasteiger charge is -2.12. The van der Waals surface area contributed by atoms with Crippen molar-refractivity contribution in [3.63, 3.8) is 0 Å². The van der Waals surface area contributed by atoms with E-state index in [4.69, 9.17) is 0 Å². The first-order valence-electron chi connectivity index (χ1n) is 5.21. The monoisotopic (exact) mass is 253 g/mol. The van der Waals surface area contributed by atoms with E-state index >= 15 is 0 Å². The van der Waals surface area contributed by atoms with Crippen LogP contribution in [-0.2, 0) is 19.2 Å². The smallest absolute Gasteiger partial charge is 0.305 e. The molecule has 1 aliphatic heterocycles. The molecule has 0 fully saturated rings. The fraction of sp³-hybridized carbons (Fsp3) is 0.400. The summed E-state index contributed by atoms with van der Waals surface area (Å²) in [5.74, 6) is -2.21. The average Bonchev–Trinajstić information content (AvgIpc) is 2.67. The van der Waals surface area contributed by atoms with Gasteiger partial charge in [0.2, 0.25) is 5.91 Å². The number of carbonyl (C=O) groups is 4. The van der Waals surface area contributed by atoms with Gasteiger partial charge in [-0.3, -0.25) is 24.1 Å². The number of amides is 4. The molecule has 0 aliphatic carbocycles. The highest BCUT2D eigenvalue weighted by atomic mass is 16.3. The van der Waals surface area contributed by atoms with E-state index in [0.717, 1.165) is 17.1 Å². The number of imide groups is 1. The van der Waals surface area contributed by atoms with Crippen LogP contribution in [-0.4, -0.2) is 41.6 Å². The minimum Gasteiger partial charge on any atom is -0.347 e. The summed E-state index contributed by atoms with van der Waals surface area (Å²) in [5, 5.41) is 4.31. The van der Waals surface area contributed by atoms with E-state index in [9.17, 15) is 24.1 Å². The Balaban J connectivity index is 2.20. The van der Waals surface area contributed by atoms with Gasteiger partial charge in [-0.1, -0.05) is 0 Å². The Kier molecular flexibility index (Phi) is 4.85. The molecule has 0 unspecified atom stereocenters. The van der Waals surface area contributed by atoms with Gasteiger partial charge in [0.15, 0.2) is 0 Å². The maximum atomic E-state index is 11.2. The third kappa shape index (κ3) is 3.89. The number of nitrogens with one attached hydrogen (secondary N) is 1. The zero-order chi connectivity index (χ0) is 13.5. The average molecular weight is 253 g/mol. The van der Waals surface area contributed by atoms with Crippen molar-refractivity contribution in [3.8, 4) is 0 Å². The van der Waals surface area contributed by atoms with Gasteiger partial charge in [-0.15, -0.1) is 4.91 Å². The van der Waals surface area contributed by atoms with E-state index in [1.54, 1.807) is 0 Å². The van der Waals surface area contributed by atoms with Crippen molar-refractivity contribution in [1.29, 1.82) is 0 Å². The van der Waals surface area contributed by atoms with Crippen LogP contribution < -0.4 is 5.32 Å². The number of nitrogens with zero attached hydrogens (tertiary/aromatic N) is 2. The van der Waals surface area contributed by atoms with Crippen LogP contribution in [0.4, 0.5) is 0 Å². The lowest BCUT2D eigenvalue weighted by molar-refractivity contribution is -0.137. The molecule has 1 N–H and O–H groups in total. The summed E-state index contributed by atoms with van der Waals surface area (Å²) in [6.07, 6.45) is 2.66. The first kappa shape index (κ1) is 13.7. The Labute approximate surface area is 102 Å². The highest BCUT2D eigenvalue weighted by molar-refractivity contribution is 6.12. The lowest BCUT2D eigenvalue weighted by atomic mass is 10.2. The maximum Gasteiger partial charge on any atom is 0.305 e. The van der Waals surface area contributed by atoms with Gasteiger partial charge in [-0.05, 0) is 6.42 Å². The summed E-state index contributed by atoms with van der Waals surface area (Å²) in [5.41, 5.74) is 0. The number of carbonyl (C=O) groups excluding carboxylic acids is 4. The first-order valence-corrected chi connectivity index (χ1v) is 5.21. The Morgan fingerprint density at radius 3 is 2.39 bits per heavy atom. The summed E-state index contributed by atoms with van der Waals surface area (Å²) in [6, 6.07) is 0. The molecule has 0 aromatic carbocycles. The normalized spacial score (nSPS) is 13.9. The molecule has 8 heteroatoms. The summed E-state index contributed by atoms with van der Waals surface area (Å²) in [7, 11) is 0. The summed E-state index contributed by atoms with van der Waals surface area (Å²) in [4.78, 5) is 54.7. The molecule has 0 saturated carbocycles. The zero-order valence-electron chi connectivity index (χ0n) is 9.42.